The molecule has 2 rings (SSSR count). The Morgan fingerprint density at radius 2 is 2.25 bits per heavy atom. The monoisotopic (exact) mass is 188 g/mol. The van der Waals surface area contributed by atoms with Crippen LogP contribution in [0.1, 0.15) is 25.7 Å². The Balaban J connectivity index is 2.29. The molecule has 1 aliphatic carbocycles. The molecule has 3 heteroatoms. The molecule has 70 valence electrons. The van der Waals surface area contributed by atoms with E-state index in [9.17, 15) is 0 Å². The van der Waals surface area contributed by atoms with E-state index in [1.165, 1.54) is 12.8 Å². The minimum absolute atomic E-state index is 0.213. The van der Waals surface area contributed by atoms with Crippen LogP contribution in [0.2, 0.25) is 0 Å². The summed E-state index contributed by atoms with van der Waals surface area (Å²) in [7, 11) is 1.76. The van der Waals surface area contributed by atoms with Gasteiger partial charge >= 0.3 is 0 Å². The van der Waals surface area contributed by atoms with Gasteiger partial charge in [0.15, 0.2) is 5.79 Å². The average Bonchev–Trinajstić information content (AvgIpc) is 2.58. The van der Waals surface area contributed by atoms with Gasteiger partial charge < -0.3 is 9.47 Å². The Morgan fingerprint density at radius 1 is 1.42 bits per heavy atom. The second-order valence-electron chi connectivity index (χ2n) is 3.85. The molecule has 2 unspecified atom stereocenters. The molecule has 0 radical (unpaired) electrons. The van der Waals surface area contributed by atoms with Gasteiger partial charge in [-0.1, -0.05) is 0 Å². The van der Waals surface area contributed by atoms with E-state index in [1.807, 2.05) is 0 Å². The molecule has 0 spiro atoms. The van der Waals surface area contributed by atoms with Crippen LogP contribution in [0, 0.1) is 5.41 Å². The molecule has 0 bridgehead atoms. The lowest BCUT2D eigenvalue weighted by atomic mass is 9.82. The molecule has 2 aliphatic rings. The number of methoxy groups -OCH3 is 1. The summed E-state index contributed by atoms with van der Waals surface area (Å²) in [5.74, 6) is 0.607. The van der Waals surface area contributed by atoms with Crippen LogP contribution in [-0.2, 0) is 9.47 Å². The number of hydrogen-bond acceptors (Lipinski definition) is 3. The third-order valence-electron chi connectivity index (χ3n) is 3.52. The maximum absolute atomic E-state index is 5.74. The summed E-state index contributed by atoms with van der Waals surface area (Å²) in [6, 6.07) is 0. The van der Waals surface area contributed by atoms with Gasteiger partial charge in [0.2, 0.25) is 0 Å². The van der Waals surface area contributed by atoms with Crippen LogP contribution >= 0.6 is 12.6 Å². The predicted octanol–water partition coefficient (Wildman–Crippen LogP) is 1.85. The first-order valence-electron chi connectivity index (χ1n) is 4.59. The largest absolute Gasteiger partial charge is 0.353 e. The average molecular weight is 188 g/mol. The zero-order valence-electron chi connectivity index (χ0n) is 7.51. The van der Waals surface area contributed by atoms with Crippen molar-refractivity contribution in [1.82, 2.24) is 0 Å². The van der Waals surface area contributed by atoms with Gasteiger partial charge in [-0.25, -0.2) is 0 Å². The third-order valence-corrected chi connectivity index (χ3v) is 4.12. The molecule has 1 aliphatic heterocycles. The lowest BCUT2D eigenvalue weighted by Crippen LogP contribution is -2.43. The van der Waals surface area contributed by atoms with Crippen molar-refractivity contribution >= 4 is 12.6 Å². The van der Waals surface area contributed by atoms with Crippen molar-refractivity contribution in [2.45, 2.75) is 31.5 Å². The number of ether oxygens (including phenoxy) is 2. The van der Waals surface area contributed by atoms with E-state index in [1.54, 1.807) is 7.11 Å². The van der Waals surface area contributed by atoms with Gasteiger partial charge in [-0.05, 0) is 19.3 Å². The highest BCUT2D eigenvalue weighted by Crippen LogP contribution is 2.56. The summed E-state index contributed by atoms with van der Waals surface area (Å²) in [6.45, 7) is 0.842. The fraction of sp³-hybridized carbons (Fsp3) is 1.00. The van der Waals surface area contributed by atoms with Gasteiger partial charge in [-0.15, -0.1) is 0 Å². The van der Waals surface area contributed by atoms with Crippen molar-refractivity contribution in [2.24, 2.45) is 5.41 Å². The van der Waals surface area contributed by atoms with Crippen molar-refractivity contribution in [3.63, 3.8) is 0 Å². The van der Waals surface area contributed by atoms with E-state index in [0.29, 0.717) is 0 Å². The van der Waals surface area contributed by atoms with Crippen LogP contribution in [0.5, 0.6) is 0 Å². The highest BCUT2D eigenvalue weighted by atomic mass is 32.1. The summed E-state index contributed by atoms with van der Waals surface area (Å²) in [5.41, 5.74) is 0.213. The maximum atomic E-state index is 5.74. The van der Waals surface area contributed by atoms with E-state index in [2.05, 4.69) is 12.6 Å². The van der Waals surface area contributed by atoms with Crippen LogP contribution in [0.25, 0.3) is 0 Å². The zero-order chi connectivity index (χ0) is 8.66. The SMILES string of the molecule is COC12CCCC1(CS)CCO2. The standard InChI is InChI=1S/C9H16O2S/c1-10-9-4-2-3-8(9,7-12)5-6-11-9/h12H,2-7H2,1H3. The van der Waals surface area contributed by atoms with Crippen molar-refractivity contribution < 1.29 is 9.47 Å². The maximum Gasteiger partial charge on any atom is 0.174 e. The molecular formula is C9H16O2S. The molecule has 0 aromatic carbocycles. The number of hydrogen-bond donors (Lipinski definition) is 1. The third kappa shape index (κ3) is 0.903. The van der Waals surface area contributed by atoms with Gasteiger partial charge in [0.1, 0.15) is 0 Å². The minimum atomic E-state index is -0.283. The number of rotatable bonds is 2. The predicted molar refractivity (Wildman–Crippen MR) is 50.4 cm³/mol. The van der Waals surface area contributed by atoms with Crippen LogP contribution in [0.15, 0.2) is 0 Å². The minimum Gasteiger partial charge on any atom is -0.353 e. The summed E-state index contributed by atoms with van der Waals surface area (Å²) in [4.78, 5) is 0. The van der Waals surface area contributed by atoms with Gasteiger partial charge in [0.05, 0.1) is 6.61 Å². The fourth-order valence-corrected chi connectivity index (χ4v) is 3.28. The van der Waals surface area contributed by atoms with Crippen LogP contribution in [-0.4, -0.2) is 25.3 Å². The van der Waals surface area contributed by atoms with Gasteiger partial charge in [0, 0.05) is 24.7 Å². The molecule has 12 heavy (non-hydrogen) atoms. The first-order chi connectivity index (χ1) is 5.79. The smallest absolute Gasteiger partial charge is 0.174 e. The van der Waals surface area contributed by atoms with Crippen LogP contribution < -0.4 is 0 Å². The first kappa shape index (κ1) is 8.85. The Hall–Kier alpha value is 0.270. The molecular weight excluding hydrogens is 172 g/mol. The lowest BCUT2D eigenvalue weighted by Gasteiger charge is -2.36. The van der Waals surface area contributed by atoms with Crippen LogP contribution in [0.4, 0.5) is 0 Å². The Labute approximate surface area is 79.0 Å². The van der Waals surface area contributed by atoms with Crippen molar-refractivity contribution in [1.29, 1.82) is 0 Å². The summed E-state index contributed by atoms with van der Waals surface area (Å²) < 4.78 is 11.3. The molecule has 1 saturated heterocycles. The summed E-state index contributed by atoms with van der Waals surface area (Å²) in [6.07, 6.45) is 4.59. The Bertz CT molecular complexity index is 153. The molecule has 0 aromatic rings. The molecule has 0 N–H and O–H groups in total. The topological polar surface area (TPSA) is 18.5 Å². The molecule has 1 heterocycles. The van der Waals surface area contributed by atoms with Gasteiger partial charge in [-0.2, -0.15) is 12.6 Å². The van der Waals surface area contributed by atoms with E-state index < -0.39 is 0 Å². The van der Waals surface area contributed by atoms with Crippen LogP contribution in [0.3, 0.4) is 0 Å². The molecule has 2 fully saturated rings. The molecule has 0 amide bonds. The fourth-order valence-electron chi connectivity index (χ4n) is 2.72. The molecule has 2 nitrogen and oxygen atoms in total. The van der Waals surface area contributed by atoms with Crippen molar-refractivity contribution in [2.75, 3.05) is 19.5 Å². The van der Waals surface area contributed by atoms with Gasteiger partial charge in [0.25, 0.3) is 0 Å². The highest BCUT2D eigenvalue weighted by molar-refractivity contribution is 7.80. The Morgan fingerprint density at radius 3 is 2.83 bits per heavy atom. The van der Waals surface area contributed by atoms with E-state index in [4.69, 9.17) is 9.47 Å². The quantitative estimate of drug-likeness (QED) is 0.667. The summed E-state index contributed by atoms with van der Waals surface area (Å²) >= 11 is 4.43. The molecule has 0 aromatic heterocycles. The summed E-state index contributed by atoms with van der Waals surface area (Å²) in [5, 5.41) is 0. The second kappa shape index (κ2) is 2.89. The number of thiol groups is 1. The molecule has 2 atom stereocenters. The molecule has 1 saturated carbocycles. The second-order valence-corrected chi connectivity index (χ2v) is 4.16. The highest BCUT2D eigenvalue weighted by Gasteiger charge is 2.59. The van der Waals surface area contributed by atoms with Gasteiger partial charge in [-0.3, -0.25) is 0 Å². The normalized spacial score (nSPS) is 46.5. The van der Waals surface area contributed by atoms with E-state index in [-0.39, 0.29) is 11.2 Å². The Kier molecular flexibility index (Phi) is 2.13. The van der Waals surface area contributed by atoms with Crippen molar-refractivity contribution in [3.05, 3.63) is 0 Å². The van der Waals surface area contributed by atoms with E-state index >= 15 is 0 Å². The lowest BCUT2D eigenvalue weighted by molar-refractivity contribution is -0.226. The zero-order valence-corrected chi connectivity index (χ0v) is 8.40. The number of fused-ring (bicyclic) bond motifs is 1. The van der Waals surface area contributed by atoms with E-state index in [0.717, 1.165) is 25.2 Å². The first-order valence-corrected chi connectivity index (χ1v) is 5.22. The van der Waals surface area contributed by atoms with Crippen molar-refractivity contribution in [3.8, 4) is 0 Å².